The average molecular weight is 1240 g/mol. The SMILES string of the molecule is CC.CC1(C)O[C@@H]2O[C@@H](C(=O)N3CCOCC3)[C@@H](O)[C@@H]2O1.CSc1ccc(-c2ccc(Cc3cc(C(O)[C@@H]4O[C@H]5OC(C)(C)O[C@H]5[C@@H]4O)ccc3C)s2)cc1.CSc1ccc(-c2ccc(Cc3cc(I)ccc3C)s2)cc1. The molecule has 5 aliphatic rings. The van der Waals surface area contributed by atoms with Crippen LogP contribution in [0.5, 0.6) is 0 Å². The monoisotopic (exact) mass is 1240 g/mol. The zero-order chi connectivity index (χ0) is 55.2. The van der Waals surface area contributed by atoms with Gasteiger partial charge in [-0.05, 0) is 176 Å². The molecule has 0 saturated carbocycles. The molecule has 0 aliphatic carbocycles. The number of hydrogen-bond donors (Lipinski definition) is 3. The number of ether oxygens (including phenoxy) is 7. The molecule has 0 bridgehead atoms. The van der Waals surface area contributed by atoms with Gasteiger partial charge < -0.3 is 53.4 Å². The first-order valence-corrected chi connectivity index (χ1v) is 31.3. The summed E-state index contributed by atoms with van der Waals surface area (Å²) >= 11 is 9.60. The van der Waals surface area contributed by atoms with E-state index in [4.69, 9.17) is 33.2 Å². The van der Waals surface area contributed by atoms with Gasteiger partial charge in [-0.15, -0.1) is 46.2 Å². The molecule has 414 valence electrons. The lowest BCUT2D eigenvalue weighted by molar-refractivity contribution is -0.226. The van der Waals surface area contributed by atoms with Gasteiger partial charge in [-0.3, -0.25) is 4.79 Å². The smallest absolute Gasteiger partial charge is 0.254 e. The quantitative estimate of drug-likeness (QED) is 0.0836. The second-order valence-corrected chi connectivity index (χ2v) is 25.4. The van der Waals surface area contributed by atoms with Crippen LogP contribution in [-0.4, -0.2) is 126 Å². The van der Waals surface area contributed by atoms with Crippen LogP contribution in [-0.2, 0) is 50.8 Å². The summed E-state index contributed by atoms with van der Waals surface area (Å²) in [6.45, 7) is 17.4. The highest BCUT2D eigenvalue weighted by molar-refractivity contribution is 14.1. The van der Waals surface area contributed by atoms with Gasteiger partial charge >= 0.3 is 0 Å². The van der Waals surface area contributed by atoms with Gasteiger partial charge in [0.05, 0.1) is 13.2 Å². The number of benzene rings is 4. The van der Waals surface area contributed by atoms with Crippen LogP contribution < -0.4 is 0 Å². The normalized spacial score (nSPS) is 25.1. The van der Waals surface area contributed by atoms with E-state index < -0.39 is 66.9 Å². The maximum Gasteiger partial charge on any atom is 0.254 e. The number of hydrogen-bond acceptors (Lipinski definition) is 15. The van der Waals surface area contributed by atoms with Crippen molar-refractivity contribution in [1.29, 1.82) is 0 Å². The lowest BCUT2D eigenvalue weighted by atomic mass is 9.94. The summed E-state index contributed by atoms with van der Waals surface area (Å²) in [7, 11) is 0. The number of thiophene rings is 2. The summed E-state index contributed by atoms with van der Waals surface area (Å²) in [5.41, 5.74) is 8.36. The van der Waals surface area contributed by atoms with Crippen LogP contribution in [0, 0.1) is 17.4 Å². The molecule has 0 radical (unpaired) electrons. The number of aliphatic hydroxyl groups is 3. The van der Waals surface area contributed by atoms with E-state index in [1.54, 1.807) is 67.5 Å². The van der Waals surface area contributed by atoms with Crippen LogP contribution in [0.2, 0.25) is 0 Å². The molecule has 7 heterocycles. The van der Waals surface area contributed by atoms with Gasteiger partial charge in [-0.2, -0.15) is 0 Å². The Morgan fingerprint density at radius 1 is 0.662 bits per heavy atom. The molecule has 1 unspecified atom stereocenters. The number of carbonyl (C=O) groups is 1. The van der Waals surface area contributed by atoms with Crippen molar-refractivity contribution >= 4 is 74.7 Å². The highest BCUT2D eigenvalue weighted by atomic mass is 127. The number of aliphatic hydroxyl groups excluding tert-OH is 3. The molecule has 77 heavy (non-hydrogen) atoms. The number of rotatable bonds is 11. The van der Waals surface area contributed by atoms with Crippen LogP contribution in [0.4, 0.5) is 0 Å². The fourth-order valence-electron chi connectivity index (χ4n) is 9.66. The predicted molar refractivity (Wildman–Crippen MR) is 317 cm³/mol. The molecule has 11 rings (SSSR count). The van der Waals surface area contributed by atoms with Crippen LogP contribution in [0.1, 0.15) is 85.2 Å². The van der Waals surface area contributed by atoms with E-state index in [0.29, 0.717) is 31.9 Å². The zero-order valence-corrected chi connectivity index (χ0v) is 50.8. The third-order valence-electron chi connectivity index (χ3n) is 13.8. The fraction of sp³-hybridized carbons (Fsp3) is 0.450. The van der Waals surface area contributed by atoms with Crippen molar-refractivity contribution in [1.82, 2.24) is 4.90 Å². The molecule has 0 spiro atoms. The minimum absolute atomic E-state index is 0.227. The molecule has 1 amide bonds. The van der Waals surface area contributed by atoms with E-state index in [9.17, 15) is 20.1 Å². The van der Waals surface area contributed by atoms with E-state index in [1.807, 2.05) is 43.4 Å². The van der Waals surface area contributed by atoms with E-state index in [2.05, 4.69) is 140 Å². The van der Waals surface area contributed by atoms with Gasteiger partial charge in [0.1, 0.15) is 36.6 Å². The number of carbonyl (C=O) groups excluding carboxylic acids is 1. The van der Waals surface area contributed by atoms with Crippen LogP contribution >= 0.6 is 68.8 Å². The van der Waals surface area contributed by atoms with E-state index >= 15 is 0 Å². The maximum atomic E-state index is 12.3. The number of aryl methyl sites for hydroxylation is 2. The number of amides is 1. The van der Waals surface area contributed by atoms with E-state index in [1.165, 1.54) is 55.1 Å². The molecular weight excluding hydrogens is 1170 g/mol. The van der Waals surface area contributed by atoms with Gasteiger partial charge in [0.25, 0.3) is 5.91 Å². The second-order valence-electron chi connectivity index (χ2n) is 20.1. The molecule has 6 aromatic rings. The molecule has 3 N–H and O–H groups in total. The molecular formula is C60H72INO11S4. The summed E-state index contributed by atoms with van der Waals surface area (Å²) in [6.07, 6.45) is -1.24. The Bertz CT molecular complexity index is 2890. The molecule has 12 nitrogen and oxygen atoms in total. The van der Waals surface area contributed by atoms with E-state index in [0.717, 1.165) is 24.0 Å². The molecule has 2 aromatic heterocycles. The van der Waals surface area contributed by atoms with Crippen molar-refractivity contribution in [3.05, 3.63) is 150 Å². The first-order chi connectivity index (χ1) is 36.9. The molecule has 4 aromatic carbocycles. The number of halogens is 1. The Balaban J connectivity index is 0.000000158. The van der Waals surface area contributed by atoms with Crippen molar-refractivity contribution in [3.63, 3.8) is 0 Å². The number of fused-ring (bicyclic) bond motifs is 2. The van der Waals surface area contributed by atoms with E-state index in [-0.39, 0.29) is 5.91 Å². The highest BCUT2D eigenvalue weighted by Gasteiger charge is 2.58. The second kappa shape index (κ2) is 26.6. The summed E-state index contributed by atoms with van der Waals surface area (Å²) in [4.78, 5) is 21.8. The van der Waals surface area contributed by atoms with Gasteiger partial charge in [0.15, 0.2) is 30.3 Å². The zero-order valence-electron chi connectivity index (χ0n) is 45.4. The summed E-state index contributed by atoms with van der Waals surface area (Å²) in [6, 6.07) is 38.9. The number of morpholine rings is 1. The average Bonchev–Trinajstić information content (AvgIpc) is 4.32. The first kappa shape index (κ1) is 59.9. The third-order valence-corrected chi connectivity index (χ3v) is 18.2. The number of nitrogens with zero attached hydrogens (tertiary/aromatic N) is 1. The number of thioether (sulfide) groups is 2. The minimum Gasteiger partial charge on any atom is -0.387 e. The summed E-state index contributed by atoms with van der Waals surface area (Å²) < 4.78 is 40.4. The Hall–Kier alpha value is -3.22. The van der Waals surface area contributed by atoms with Crippen molar-refractivity contribution in [2.24, 2.45) is 0 Å². The van der Waals surface area contributed by atoms with Gasteiger partial charge in [-0.1, -0.05) is 62.4 Å². The van der Waals surface area contributed by atoms with Crippen molar-refractivity contribution in [2.75, 3.05) is 38.8 Å². The summed E-state index contributed by atoms with van der Waals surface area (Å²) in [5, 5.41) is 32.0. The Kier molecular flexibility index (Phi) is 20.7. The van der Waals surface area contributed by atoms with Gasteiger partial charge in [-0.25, -0.2) is 0 Å². The Morgan fingerprint density at radius 3 is 1.64 bits per heavy atom. The highest BCUT2D eigenvalue weighted by Crippen LogP contribution is 2.42. The van der Waals surface area contributed by atoms with Crippen molar-refractivity contribution in [3.8, 4) is 20.9 Å². The minimum atomic E-state index is -0.998. The summed E-state index contributed by atoms with van der Waals surface area (Å²) in [5.74, 6) is -1.82. The van der Waals surface area contributed by atoms with Crippen LogP contribution in [0.15, 0.2) is 119 Å². The Morgan fingerprint density at radius 2 is 1.14 bits per heavy atom. The van der Waals surface area contributed by atoms with Gasteiger partial charge in [0, 0.05) is 58.8 Å². The van der Waals surface area contributed by atoms with Crippen molar-refractivity contribution < 1.29 is 53.3 Å². The third kappa shape index (κ3) is 14.8. The first-order valence-electron chi connectivity index (χ1n) is 26.1. The fourth-order valence-corrected chi connectivity index (χ4v) is 13.1. The molecule has 5 saturated heterocycles. The van der Waals surface area contributed by atoms with Crippen LogP contribution in [0.3, 0.4) is 0 Å². The maximum absolute atomic E-state index is 12.3. The van der Waals surface area contributed by atoms with Crippen molar-refractivity contribution in [2.45, 2.75) is 145 Å². The molecule has 5 fully saturated rings. The van der Waals surface area contributed by atoms with Crippen LogP contribution in [0.25, 0.3) is 20.9 Å². The molecule has 17 heteroatoms. The molecule has 9 atom stereocenters. The topological polar surface area (TPSA) is 146 Å². The lowest BCUT2D eigenvalue weighted by Gasteiger charge is -2.30. The Labute approximate surface area is 484 Å². The predicted octanol–water partition coefficient (Wildman–Crippen LogP) is 12.1. The lowest BCUT2D eigenvalue weighted by Crippen LogP contribution is -2.50. The standard InChI is InChI=1S/C27H30O5S2.C19H17IS2.C12H19NO6.C2H6/c1-15-5-6-17(22(28)24-23(29)25-26(30-24)32-27(2,3)31-25)13-18(15)14-20-11-12-21(34-20)16-7-9-19(33-4)10-8-16;1-13-3-6-16(20)11-15(13)12-18-9-10-19(22-18)14-4-7-17(21-2)8-5-14;1-12(2)18-9-7(14)8(17-11(9)19-12)10(15)13-3-5-16-6-4-13;1-2/h5-13,22-26,28-29H,14H2,1-4H3;3-11H,12H2,1-2H3;7-9,11,14H,3-6H2,1-2H3;1-2H3/t22?,23-,24+,25+,26+;;7-,8-,9+,11+;/m1.1./s1. The largest absolute Gasteiger partial charge is 0.387 e. The van der Waals surface area contributed by atoms with Gasteiger partial charge in [0.2, 0.25) is 0 Å². The molecule has 5 aliphatic heterocycles.